The zero-order valence-electron chi connectivity index (χ0n) is 8.45. The molecule has 0 saturated heterocycles. The van der Waals surface area contributed by atoms with Crippen LogP contribution in [0.15, 0.2) is 0 Å². The third-order valence-electron chi connectivity index (χ3n) is 3.77. The topological polar surface area (TPSA) is 54.4 Å². The van der Waals surface area contributed by atoms with Crippen molar-refractivity contribution in [2.45, 2.75) is 44.6 Å². The van der Waals surface area contributed by atoms with Gasteiger partial charge in [-0.05, 0) is 25.2 Å². The van der Waals surface area contributed by atoms with Crippen LogP contribution in [-0.2, 0) is 9.59 Å². The minimum atomic E-state index is -1.13. The van der Waals surface area contributed by atoms with E-state index in [0.717, 1.165) is 0 Å². The number of hydrogen-bond donors (Lipinski definition) is 1. The van der Waals surface area contributed by atoms with Gasteiger partial charge in [-0.15, -0.1) is 0 Å². The Hall–Kier alpha value is -0.700. The molecule has 0 aromatic carbocycles. The van der Waals surface area contributed by atoms with Gasteiger partial charge < -0.3 is 5.11 Å². The molecule has 1 N–H and O–H groups in total. The Morgan fingerprint density at radius 3 is 2.86 bits per heavy atom. The fraction of sp³-hybridized carbons (Fsp3) is 0.818. The van der Waals surface area contributed by atoms with Gasteiger partial charge in [0, 0.05) is 18.8 Å². The first-order valence-electron chi connectivity index (χ1n) is 5.35. The van der Waals surface area contributed by atoms with Gasteiger partial charge in [-0.1, -0.05) is 6.92 Å². The van der Waals surface area contributed by atoms with Gasteiger partial charge >= 0.3 is 0 Å². The van der Waals surface area contributed by atoms with Crippen LogP contribution in [0.25, 0.3) is 0 Å². The summed E-state index contributed by atoms with van der Waals surface area (Å²) in [6.45, 7) is 1.83. The van der Waals surface area contributed by atoms with Crippen LogP contribution in [0.5, 0.6) is 0 Å². The Morgan fingerprint density at radius 1 is 1.50 bits per heavy atom. The number of carbonyl (C=O) groups is 2. The van der Waals surface area contributed by atoms with E-state index in [2.05, 4.69) is 0 Å². The summed E-state index contributed by atoms with van der Waals surface area (Å²) in [5.74, 6) is 0.309. The molecule has 0 spiro atoms. The molecule has 2 rings (SSSR count). The molecule has 0 amide bonds. The summed E-state index contributed by atoms with van der Waals surface area (Å²) in [4.78, 5) is 23.1. The fourth-order valence-electron chi connectivity index (χ4n) is 2.85. The van der Waals surface area contributed by atoms with Crippen molar-refractivity contribution in [1.82, 2.24) is 0 Å². The third kappa shape index (κ3) is 1.31. The standard InChI is InChI=1S/C11H16O3/c1-2-11(14)6-7-5-8(12)3-4-9(7)10(11)13/h7,9,14H,2-6H2,1H3. The number of carbonyl (C=O) groups excluding carboxylic acids is 2. The smallest absolute Gasteiger partial charge is 0.167 e. The van der Waals surface area contributed by atoms with Gasteiger partial charge in [0.15, 0.2) is 5.78 Å². The molecule has 0 heterocycles. The molecule has 3 nitrogen and oxygen atoms in total. The molecule has 78 valence electrons. The third-order valence-corrected chi connectivity index (χ3v) is 3.77. The highest BCUT2D eigenvalue weighted by Gasteiger charge is 2.52. The predicted octanol–water partition coefficient (Wildman–Crippen LogP) is 1.09. The Balaban J connectivity index is 2.20. The molecule has 2 aliphatic rings. The van der Waals surface area contributed by atoms with Crippen LogP contribution in [0, 0.1) is 11.8 Å². The zero-order valence-corrected chi connectivity index (χ0v) is 8.45. The largest absolute Gasteiger partial charge is 0.382 e. The Morgan fingerprint density at radius 2 is 2.21 bits per heavy atom. The van der Waals surface area contributed by atoms with Crippen molar-refractivity contribution in [3.05, 3.63) is 0 Å². The molecular formula is C11H16O3. The molecule has 0 aliphatic heterocycles. The molecule has 0 aromatic heterocycles. The highest BCUT2D eigenvalue weighted by molar-refractivity contribution is 5.94. The van der Waals surface area contributed by atoms with Crippen LogP contribution in [0.4, 0.5) is 0 Å². The molecule has 3 heteroatoms. The highest BCUT2D eigenvalue weighted by atomic mass is 16.3. The fourth-order valence-corrected chi connectivity index (χ4v) is 2.85. The molecule has 2 fully saturated rings. The van der Waals surface area contributed by atoms with E-state index >= 15 is 0 Å². The quantitative estimate of drug-likeness (QED) is 0.683. The summed E-state index contributed by atoms with van der Waals surface area (Å²) in [5.41, 5.74) is -1.13. The summed E-state index contributed by atoms with van der Waals surface area (Å²) in [6, 6.07) is 0. The van der Waals surface area contributed by atoms with Crippen LogP contribution >= 0.6 is 0 Å². The summed E-state index contributed by atoms with van der Waals surface area (Å²) in [6.07, 6.45) is 2.65. The summed E-state index contributed by atoms with van der Waals surface area (Å²) >= 11 is 0. The molecule has 0 bridgehead atoms. The van der Waals surface area contributed by atoms with E-state index in [0.29, 0.717) is 32.1 Å². The first-order valence-corrected chi connectivity index (χ1v) is 5.35. The number of aliphatic hydroxyl groups is 1. The number of fused-ring (bicyclic) bond motifs is 1. The first kappa shape index (κ1) is 9.84. The summed E-state index contributed by atoms with van der Waals surface area (Å²) in [7, 11) is 0. The van der Waals surface area contributed by atoms with Crippen molar-refractivity contribution in [2.75, 3.05) is 0 Å². The lowest BCUT2D eigenvalue weighted by molar-refractivity contribution is -0.137. The molecule has 3 unspecified atom stereocenters. The van der Waals surface area contributed by atoms with Crippen molar-refractivity contribution >= 4 is 11.6 Å². The van der Waals surface area contributed by atoms with Crippen molar-refractivity contribution in [3.63, 3.8) is 0 Å². The summed E-state index contributed by atoms with van der Waals surface area (Å²) < 4.78 is 0. The van der Waals surface area contributed by atoms with Crippen LogP contribution in [0.2, 0.25) is 0 Å². The Bertz CT molecular complexity index is 284. The maximum absolute atomic E-state index is 11.8. The highest BCUT2D eigenvalue weighted by Crippen LogP contribution is 2.44. The number of ketones is 2. The predicted molar refractivity (Wildman–Crippen MR) is 50.7 cm³/mol. The second-order valence-corrected chi connectivity index (χ2v) is 4.60. The van der Waals surface area contributed by atoms with Crippen LogP contribution < -0.4 is 0 Å². The van der Waals surface area contributed by atoms with Crippen molar-refractivity contribution < 1.29 is 14.7 Å². The lowest BCUT2D eigenvalue weighted by atomic mass is 9.81. The van der Waals surface area contributed by atoms with Gasteiger partial charge in [0.1, 0.15) is 11.4 Å². The molecule has 0 radical (unpaired) electrons. The SMILES string of the molecule is CCC1(O)CC2CC(=O)CCC2C1=O. The van der Waals surface area contributed by atoms with Crippen molar-refractivity contribution in [3.8, 4) is 0 Å². The molecule has 2 aliphatic carbocycles. The van der Waals surface area contributed by atoms with Gasteiger partial charge in [0.25, 0.3) is 0 Å². The second-order valence-electron chi connectivity index (χ2n) is 4.60. The molecule has 2 saturated carbocycles. The maximum Gasteiger partial charge on any atom is 0.167 e. The van der Waals surface area contributed by atoms with E-state index in [4.69, 9.17) is 0 Å². The number of rotatable bonds is 1. The van der Waals surface area contributed by atoms with Gasteiger partial charge in [-0.3, -0.25) is 9.59 Å². The Kier molecular flexibility index (Phi) is 2.22. The molecular weight excluding hydrogens is 180 g/mol. The van der Waals surface area contributed by atoms with E-state index in [-0.39, 0.29) is 23.4 Å². The number of Topliss-reactive ketones (excluding diaryl/α,β-unsaturated/α-hetero) is 2. The van der Waals surface area contributed by atoms with Crippen molar-refractivity contribution in [1.29, 1.82) is 0 Å². The average Bonchev–Trinajstić information content (AvgIpc) is 2.40. The lowest BCUT2D eigenvalue weighted by Crippen LogP contribution is -2.35. The maximum atomic E-state index is 11.8. The summed E-state index contributed by atoms with van der Waals surface area (Å²) in [5, 5.41) is 10.0. The van der Waals surface area contributed by atoms with E-state index in [9.17, 15) is 14.7 Å². The molecule has 3 atom stereocenters. The Labute approximate surface area is 83.5 Å². The van der Waals surface area contributed by atoms with Crippen LogP contribution in [-0.4, -0.2) is 22.3 Å². The van der Waals surface area contributed by atoms with E-state index in [1.807, 2.05) is 6.92 Å². The van der Waals surface area contributed by atoms with Gasteiger partial charge in [0.05, 0.1) is 0 Å². The van der Waals surface area contributed by atoms with Crippen molar-refractivity contribution in [2.24, 2.45) is 11.8 Å². The van der Waals surface area contributed by atoms with E-state index in [1.54, 1.807) is 0 Å². The average molecular weight is 196 g/mol. The van der Waals surface area contributed by atoms with Gasteiger partial charge in [-0.2, -0.15) is 0 Å². The minimum absolute atomic E-state index is 0.0162. The lowest BCUT2D eigenvalue weighted by Gasteiger charge is -2.21. The van der Waals surface area contributed by atoms with E-state index in [1.165, 1.54) is 0 Å². The normalized spacial score (nSPS) is 42.7. The zero-order chi connectivity index (χ0) is 10.3. The van der Waals surface area contributed by atoms with E-state index < -0.39 is 5.60 Å². The second kappa shape index (κ2) is 3.16. The molecule has 0 aromatic rings. The van der Waals surface area contributed by atoms with Crippen LogP contribution in [0.1, 0.15) is 39.0 Å². The van der Waals surface area contributed by atoms with Gasteiger partial charge in [0.2, 0.25) is 0 Å². The number of hydrogen-bond acceptors (Lipinski definition) is 3. The van der Waals surface area contributed by atoms with Crippen LogP contribution in [0.3, 0.4) is 0 Å². The molecule has 14 heavy (non-hydrogen) atoms. The first-order chi connectivity index (χ1) is 6.57. The minimum Gasteiger partial charge on any atom is -0.382 e. The monoisotopic (exact) mass is 196 g/mol. The van der Waals surface area contributed by atoms with Gasteiger partial charge in [-0.25, -0.2) is 0 Å².